The lowest BCUT2D eigenvalue weighted by atomic mass is 9.75. The Labute approximate surface area is 173 Å². The van der Waals surface area contributed by atoms with E-state index in [2.05, 4.69) is 5.32 Å². The third kappa shape index (κ3) is 4.57. The lowest BCUT2D eigenvalue weighted by molar-refractivity contribution is -0.137. The molecule has 5 nitrogen and oxygen atoms in total. The van der Waals surface area contributed by atoms with Crippen molar-refractivity contribution in [2.45, 2.75) is 51.5 Å². The number of carbonyl (C=O) groups is 1. The summed E-state index contributed by atoms with van der Waals surface area (Å²) in [7, 11) is -0.462. The molecule has 0 unspecified atom stereocenters. The topological polar surface area (TPSA) is 50.8 Å². The average Bonchev–Trinajstić information content (AvgIpc) is 2.83. The number of nitrogens with zero attached hydrogens (tertiary/aromatic N) is 1. The first kappa shape index (κ1) is 22.0. The molecule has 1 aromatic carbocycles. The van der Waals surface area contributed by atoms with Crippen LogP contribution in [0.3, 0.4) is 0 Å². The van der Waals surface area contributed by atoms with Gasteiger partial charge in [0.2, 0.25) is 0 Å². The molecule has 2 amide bonds. The van der Waals surface area contributed by atoms with Gasteiger partial charge < -0.3 is 19.5 Å². The van der Waals surface area contributed by atoms with Crippen molar-refractivity contribution >= 4 is 30.4 Å². The fourth-order valence-electron chi connectivity index (χ4n) is 3.10. The summed E-state index contributed by atoms with van der Waals surface area (Å²) < 4.78 is 51.0. The number of alkyl halides is 3. The SMILES string of the molecule is CC1(C)OB(C2=CCN(C(=O)Nc3ccc(Cl)c(C(F)(F)F)c3)CC2)OC1(C)C. The van der Waals surface area contributed by atoms with E-state index in [9.17, 15) is 18.0 Å². The molecule has 0 spiro atoms. The first-order valence-corrected chi connectivity index (χ1v) is 9.65. The number of urea groups is 1. The monoisotopic (exact) mass is 430 g/mol. The summed E-state index contributed by atoms with van der Waals surface area (Å²) in [4.78, 5) is 14.0. The van der Waals surface area contributed by atoms with Gasteiger partial charge in [0.15, 0.2) is 0 Å². The number of benzene rings is 1. The van der Waals surface area contributed by atoms with E-state index >= 15 is 0 Å². The van der Waals surface area contributed by atoms with E-state index in [1.807, 2.05) is 33.8 Å². The largest absolute Gasteiger partial charge is 0.490 e. The van der Waals surface area contributed by atoms with Gasteiger partial charge in [-0.05, 0) is 57.8 Å². The highest BCUT2D eigenvalue weighted by Crippen LogP contribution is 2.39. The molecule has 10 heteroatoms. The minimum Gasteiger partial charge on any atom is -0.400 e. The Hall–Kier alpha value is -1.71. The van der Waals surface area contributed by atoms with Gasteiger partial charge in [0.1, 0.15) is 0 Å². The molecule has 1 fully saturated rings. The first-order valence-electron chi connectivity index (χ1n) is 9.27. The summed E-state index contributed by atoms with van der Waals surface area (Å²) in [6.45, 7) is 8.59. The zero-order chi connectivity index (χ0) is 21.6. The second-order valence-electron chi connectivity index (χ2n) is 8.19. The number of amides is 2. The van der Waals surface area contributed by atoms with E-state index < -0.39 is 41.1 Å². The summed E-state index contributed by atoms with van der Waals surface area (Å²) in [5.41, 5.74) is -0.889. The van der Waals surface area contributed by atoms with E-state index in [1.54, 1.807) is 0 Å². The number of halogens is 4. The Morgan fingerprint density at radius 3 is 2.34 bits per heavy atom. The quantitative estimate of drug-likeness (QED) is 0.660. The normalized spacial score (nSPS) is 21.2. The molecule has 29 heavy (non-hydrogen) atoms. The van der Waals surface area contributed by atoms with Crippen LogP contribution in [0.15, 0.2) is 29.7 Å². The Morgan fingerprint density at radius 2 is 1.83 bits per heavy atom. The van der Waals surface area contributed by atoms with Crippen molar-refractivity contribution in [1.82, 2.24) is 4.90 Å². The van der Waals surface area contributed by atoms with Crippen molar-refractivity contribution in [3.05, 3.63) is 40.3 Å². The molecule has 1 saturated heterocycles. The Kier molecular flexibility index (Phi) is 5.70. The summed E-state index contributed by atoms with van der Waals surface area (Å²) >= 11 is 5.61. The Balaban J connectivity index is 1.64. The maximum absolute atomic E-state index is 13.0. The van der Waals surface area contributed by atoms with E-state index in [-0.39, 0.29) is 5.69 Å². The van der Waals surface area contributed by atoms with Crippen LogP contribution in [0.5, 0.6) is 0 Å². The van der Waals surface area contributed by atoms with Gasteiger partial charge in [0, 0.05) is 18.8 Å². The van der Waals surface area contributed by atoms with E-state index in [0.29, 0.717) is 19.5 Å². The molecule has 2 heterocycles. The molecule has 1 aromatic rings. The van der Waals surface area contributed by atoms with Gasteiger partial charge in [-0.25, -0.2) is 4.79 Å². The third-order valence-corrected chi connectivity index (χ3v) is 5.94. The molecule has 158 valence electrons. The van der Waals surface area contributed by atoms with Gasteiger partial charge >= 0.3 is 19.3 Å². The number of nitrogens with one attached hydrogen (secondary N) is 1. The molecular formula is C19H23BClF3N2O3. The molecular weight excluding hydrogens is 407 g/mol. The zero-order valence-corrected chi connectivity index (χ0v) is 17.4. The minimum absolute atomic E-state index is 0.0347. The van der Waals surface area contributed by atoms with Crippen LogP contribution in [0.4, 0.5) is 23.7 Å². The maximum Gasteiger partial charge on any atom is 0.490 e. The average molecular weight is 431 g/mol. The smallest absolute Gasteiger partial charge is 0.400 e. The van der Waals surface area contributed by atoms with Crippen LogP contribution in [-0.4, -0.2) is 42.3 Å². The highest BCUT2D eigenvalue weighted by Gasteiger charge is 2.52. The Morgan fingerprint density at radius 1 is 1.21 bits per heavy atom. The highest BCUT2D eigenvalue weighted by molar-refractivity contribution is 6.54. The number of rotatable bonds is 2. The lowest BCUT2D eigenvalue weighted by Gasteiger charge is -2.32. The van der Waals surface area contributed by atoms with Crippen LogP contribution in [0.25, 0.3) is 0 Å². The summed E-state index contributed by atoms with van der Waals surface area (Å²) in [6, 6.07) is 2.80. The third-order valence-electron chi connectivity index (χ3n) is 5.61. The molecule has 2 aliphatic rings. The molecule has 0 aromatic heterocycles. The number of anilines is 1. The van der Waals surface area contributed by atoms with E-state index in [0.717, 1.165) is 17.6 Å². The molecule has 0 radical (unpaired) electrons. The molecule has 0 atom stereocenters. The standard InChI is InChI=1S/C19H23BClF3N2O3/c1-17(2)18(3,4)29-20(28-17)12-7-9-26(10-8-12)16(27)25-13-5-6-15(21)14(11-13)19(22,23)24/h5-7,11H,8-10H2,1-4H3,(H,25,27). The van der Waals surface area contributed by atoms with Gasteiger partial charge in [-0.2, -0.15) is 13.2 Å². The Bertz CT molecular complexity index is 826. The van der Waals surface area contributed by atoms with Crippen LogP contribution in [-0.2, 0) is 15.5 Å². The summed E-state index contributed by atoms with van der Waals surface area (Å²) in [5.74, 6) is 0. The van der Waals surface area contributed by atoms with Crippen LogP contribution < -0.4 is 5.32 Å². The van der Waals surface area contributed by atoms with Crippen molar-refractivity contribution in [1.29, 1.82) is 0 Å². The summed E-state index contributed by atoms with van der Waals surface area (Å²) in [6.07, 6.45) is -2.17. The molecule has 1 N–H and O–H groups in total. The predicted octanol–water partition coefficient (Wildman–Crippen LogP) is 5.15. The summed E-state index contributed by atoms with van der Waals surface area (Å²) in [5, 5.41) is 2.09. The molecule has 2 aliphatic heterocycles. The van der Waals surface area contributed by atoms with Gasteiger partial charge in [0.05, 0.1) is 21.8 Å². The fraction of sp³-hybridized carbons (Fsp3) is 0.526. The van der Waals surface area contributed by atoms with Crippen molar-refractivity contribution in [3.8, 4) is 0 Å². The van der Waals surface area contributed by atoms with Gasteiger partial charge in [-0.15, -0.1) is 0 Å². The lowest BCUT2D eigenvalue weighted by Crippen LogP contribution is -2.41. The highest BCUT2D eigenvalue weighted by atomic mass is 35.5. The van der Waals surface area contributed by atoms with Crippen molar-refractivity contribution in [3.63, 3.8) is 0 Å². The van der Waals surface area contributed by atoms with Gasteiger partial charge in [-0.1, -0.05) is 17.7 Å². The minimum atomic E-state index is -4.59. The molecule has 3 rings (SSSR count). The number of hydrogen-bond acceptors (Lipinski definition) is 3. The number of carbonyl (C=O) groups excluding carboxylic acids is 1. The second kappa shape index (κ2) is 7.52. The zero-order valence-electron chi connectivity index (χ0n) is 16.7. The van der Waals surface area contributed by atoms with Gasteiger partial charge in [-0.3, -0.25) is 0 Å². The van der Waals surface area contributed by atoms with Crippen LogP contribution >= 0.6 is 11.6 Å². The van der Waals surface area contributed by atoms with E-state index in [1.165, 1.54) is 11.0 Å². The molecule has 0 saturated carbocycles. The number of hydrogen-bond donors (Lipinski definition) is 1. The van der Waals surface area contributed by atoms with Crippen LogP contribution in [0.2, 0.25) is 5.02 Å². The van der Waals surface area contributed by atoms with Crippen LogP contribution in [0.1, 0.15) is 39.7 Å². The predicted molar refractivity (Wildman–Crippen MR) is 106 cm³/mol. The van der Waals surface area contributed by atoms with Crippen molar-refractivity contribution in [2.75, 3.05) is 18.4 Å². The van der Waals surface area contributed by atoms with Crippen LogP contribution in [0, 0.1) is 0 Å². The first-order chi connectivity index (χ1) is 13.3. The van der Waals surface area contributed by atoms with Crippen molar-refractivity contribution < 1.29 is 27.3 Å². The second-order valence-corrected chi connectivity index (χ2v) is 8.59. The van der Waals surface area contributed by atoms with Crippen molar-refractivity contribution in [2.24, 2.45) is 0 Å². The molecule has 0 bridgehead atoms. The molecule has 0 aliphatic carbocycles. The fourth-order valence-corrected chi connectivity index (χ4v) is 3.33. The van der Waals surface area contributed by atoms with E-state index in [4.69, 9.17) is 20.9 Å². The maximum atomic E-state index is 13.0. The van der Waals surface area contributed by atoms with Gasteiger partial charge in [0.25, 0.3) is 0 Å².